The van der Waals surface area contributed by atoms with E-state index < -0.39 is 0 Å². The molecule has 0 unspecified atom stereocenters. The smallest absolute Gasteiger partial charge is 0.237 e. The summed E-state index contributed by atoms with van der Waals surface area (Å²) < 4.78 is 0. The molecule has 0 spiro atoms. The lowest BCUT2D eigenvalue weighted by Gasteiger charge is -2.34. The second-order valence-corrected chi connectivity index (χ2v) is 5.92. The van der Waals surface area contributed by atoms with Crippen LogP contribution < -0.4 is 10.6 Å². The van der Waals surface area contributed by atoms with E-state index in [1.54, 1.807) is 0 Å². The van der Waals surface area contributed by atoms with Crippen LogP contribution >= 0.6 is 37.2 Å². The van der Waals surface area contributed by atoms with E-state index in [4.69, 9.17) is 0 Å². The van der Waals surface area contributed by atoms with Crippen LogP contribution in [0.4, 0.5) is 0 Å². The van der Waals surface area contributed by atoms with Crippen molar-refractivity contribution in [3.8, 4) is 0 Å². The predicted octanol–water partition coefficient (Wildman–Crippen LogP) is 1.54. The van der Waals surface area contributed by atoms with E-state index in [1.165, 1.54) is 39.0 Å². The van der Waals surface area contributed by atoms with Gasteiger partial charge in [0.2, 0.25) is 5.91 Å². The van der Waals surface area contributed by atoms with Gasteiger partial charge in [-0.05, 0) is 38.9 Å². The van der Waals surface area contributed by atoms with E-state index in [2.05, 4.69) is 27.4 Å². The number of hydrogen-bond acceptors (Lipinski definition) is 4. The van der Waals surface area contributed by atoms with Crippen molar-refractivity contribution in [3.05, 3.63) is 0 Å². The van der Waals surface area contributed by atoms with Crippen LogP contribution in [0.2, 0.25) is 0 Å². The van der Waals surface area contributed by atoms with Gasteiger partial charge in [-0.3, -0.25) is 4.79 Å². The zero-order valence-electron chi connectivity index (χ0n) is 14.1. The zero-order valence-corrected chi connectivity index (χ0v) is 16.5. The number of hydrogen-bond donors (Lipinski definition) is 2. The standard InChI is InChI=1S/C15H30N4O.3ClH/c1-2-18-10-12-19(13-11-18)9-5-8-17-15(20)14-6-3-4-7-16-14;;;/h14,16H,2-13H2,1H3,(H,17,20);3*1H/t14-;;;/m1.../s1. The third kappa shape index (κ3) is 9.32. The van der Waals surface area contributed by atoms with Gasteiger partial charge >= 0.3 is 0 Å². The topological polar surface area (TPSA) is 47.6 Å². The third-order valence-electron chi connectivity index (χ3n) is 4.49. The fraction of sp³-hybridized carbons (Fsp3) is 0.933. The molecule has 0 aromatic rings. The van der Waals surface area contributed by atoms with E-state index in [1.807, 2.05) is 0 Å². The molecular weight excluding hydrogens is 359 g/mol. The number of amides is 1. The normalized spacial score (nSPS) is 22.2. The fourth-order valence-corrected chi connectivity index (χ4v) is 3.04. The molecule has 23 heavy (non-hydrogen) atoms. The largest absolute Gasteiger partial charge is 0.355 e. The Morgan fingerprint density at radius 1 is 1.09 bits per heavy atom. The zero-order chi connectivity index (χ0) is 14.2. The van der Waals surface area contributed by atoms with E-state index in [0.29, 0.717) is 0 Å². The molecule has 2 saturated heterocycles. The first-order valence-corrected chi connectivity index (χ1v) is 8.25. The molecule has 2 rings (SSSR count). The van der Waals surface area contributed by atoms with Crippen LogP contribution in [-0.4, -0.2) is 74.1 Å². The van der Waals surface area contributed by atoms with Gasteiger partial charge in [0.15, 0.2) is 0 Å². The molecule has 2 aliphatic heterocycles. The van der Waals surface area contributed by atoms with E-state index in [9.17, 15) is 4.79 Å². The molecule has 0 saturated carbocycles. The van der Waals surface area contributed by atoms with E-state index >= 15 is 0 Å². The van der Waals surface area contributed by atoms with Gasteiger partial charge in [0.05, 0.1) is 6.04 Å². The molecule has 8 heteroatoms. The number of likely N-dealkylation sites (N-methyl/N-ethyl adjacent to an activating group) is 1. The van der Waals surface area contributed by atoms with Gasteiger partial charge in [0.1, 0.15) is 0 Å². The lowest BCUT2D eigenvalue weighted by molar-refractivity contribution is -0.123. The molecule has 0 aromatic heterocycles. The summed E-state index contributed by atoms with van der Waals surface area (Å²) >= 11 is 0. The monoisotopic (exact) mass is 390 g/mol. The Labute approximate surface area is 159 Å². The first kappa shape index (κ1) is 25.5. The van der Waals surface area contributed by atoms with Crippen molar-refractivity contribution in [2.24, 2.45) is 0 Å². The average molecular weight is 392 g/mol. The first-order chi connectivity index (χ1) is 9.79. The molecule has 0 radical (unpaired) electrons. The molecule has 0 aliphatic carbocycles. The molecule has 1 atom stereocenters. The Balaban J connectivity index is 0. The van der Waals surface area contributed by atoms with Crippen LogP contribution in [0.3, 0.4) is 0 Å². The number of rotatable bonds is 6. The highest BCUT2D eigenvalue weighted by molar-refractivity contribution is 5.86. The molecule has 5 nitrogen and oxygen atoms in total. The summed E-state index contributed by atoms with van der Waals surface area (Å²) in [6, 6.07) is 0.0526. The van der Waals surface area contributed by atoms with Crippen molar-refractivity contribution >= 4 is 43.1 Å². The quantitative estimate of drug-likeness (QED) is 0.674. The van der Waals surface area contributed by atoms with Gasteiger partial charge in [-0.1, -0.05) is 13.3 Å². The molecule has 140 valence electrons. The van der Waals surface area contributed by atoms with E-state index in [0.717, 1.165) is 39.0 Å². The third-order valence-corrected chi connectivity index (χ3v) is 4.49. The number of piperidine rings is 1. The summed E-state index contributed by atoms with van der Waals surface area (Å²) in [5.41, 5.74) is 0. The first-order valence-electron chi connectivity index (χ1n) is 8.25. The van der Waals surface area contributed by atoms with Gasteiger partial charge in [0, 0.05) is 32.7 Å². The van der Waals surface area contributed by atoms with Crippen LogP contribution in [0.25, 0.3) is 0 Å². The molecule has 1 amide bonds. The number of nitrogens with one attached hydrogen (secondary N) is 2. The summed E-state index contributed by atoms with van der Waals surface area (Å²) in [7, 11) is 0. The number of nitrogens with zero attached hydrogens (tertiary/aromatic N) is 2. The number of piperazine rings is 1. The van der Waals surface area contributed by atoms with Gasteiger partial charge in [0.25, 0.3) is 0 Å². The summed E-state index contributed by atoms with van der Waals surface area (Å²) in [4.78, 5) is 16.9. The lowest BCUT2D eigenvalue weighted by Crippen LogP contribution is -2.48. The Morgan fingerprint density at radius 3 is 2.30 bits per heavy atom. The second-order valence-electron chi connectivity index (χ2n) is 5.92. The van der Waals surface area contributed by atoms with Crippen LogP contribution in [0.5, 0.6) is 0 Å². The minimum Gasteiger partial charge on any atom is -0.355 e. The number of carbonyl (C=O) groups excluding carboxylic acids is 1. The molecule has 2 N–H and O–H groups in total. The maximum atomic E-state index is 11.9. The second kappa shape index (κ2) is 14.6. The van der Waals surface area contributed by atoms with Crippen LogP contribution in [0.1, 0.15) is 32.6 Å². The highest BCUT2D eigenvalue weighted by Crippen LogP contribution is 2.06. The molecule has 2 fully saturated rings. The Hall–Kier alpha value is 0.220. The highest BCUT2D eigenvalue weighted by Gasteiger charge is 2.20. The van der Waals surface area contributed by atoms with Crippen molar-refractivity contribution in [2.75, 3.05) is 52.4 Å². The van der Waals surface area contributed by atoms with Crippen LogP contribution in [0, 0.1) is 0 Å². The summed E-state index contributed by atoms with van der Waals surface area (Å²) in [6.45, 7) is 11.0. The van der Waals surface area contributed by atoms with Crippen molar-refractivity contribution in [2.45, 2.75) is 38.6 Å². The maximum absolute atomic E-state index is 11.9. The lowest BCUT2D eigenvalue weighted by atomic mass is 10.0. The predicted molar refractivity (Wildman–Crippen MR) is 104 cm³/mol. The minimum absolute atomic E-state index is 0. The maximum Gasteiger partial charge on any atom is 0.237 e. The van der Waals surface area contributed by atoms with Gasteiger partial charge in [-0.2, -0.15) is 0 Å². The fourth-order valence-electron chi connectivity index (χ4n) is 3.04. The Kier molecular flexibility index (Phi) is 16.1. The Bertz CT molecular complexity index is 296. The van der Waals surface area contributed by atoms with Crippen molar-refractivity contribution in [1.29, 1.82) is 0 Å². The van der Waals surface area contributed by atoms with Crippen molar-refractivity contribution in [1.82, 2.24) is 20.4 Å². The molecule has 2 heterocycles. The minimum atomic E-state index is 0. The van der Waals surface area contributed by atoms with Gasteiger partial charge < -0.3 is 20.4 Å². The van der Waals surface area contributed by atoms with Crippen LogP contribution in [0.15, 0.2) is 0 Å². The SMILES string of the molecule is CCN1CCN(CCCNC(=O)[C@H]2CCCCN2)CC1.Cl.Cl.Cl. The number of halogens is 3. The van der Waals surface area contributed by atoms with Crippen LogP contribution in [-0.2, 0) is 4.79 Å². The highest BCUT2D eigenvalue weighted by atomic mass is 35.5. The molecule has 0 aromatic carbocycles. The summed E-state index contributed by atoms with van der Waals surface area (Å²) in [6.07, 6.45) is 4.43. The van der Waals surface area contributed by atoms with Gasteiger partial charge in [-0.25, -0.2) is 0 Å². The van der Waals surface area contributed by atoms with E-state index in [-0.39, 0.29) is 49.2 Å². The Morgan fingerprint density at radius 2 is 1.74 bits per heavy atom. The average Bonchev–Trinajstić information content (AvgIpc) is 2.53. The van der Waals surface area contributed by atoms with Crippen molar-refractivity contribution < 1.29 is 4.79 Å². The van der Waals surface area contributed by atoms with Crippen molar-refractivity contribution in [3.63, 3.8) is 0 Å². The van der Waals surface area contributed by atoms with Gasteiger partial charge in [-0.15, -0.1) is 37.2 Å². The summed E-state index contributed by atoms with van der Waals surface area (Å²) in [5, 5.41) is 6.37. The molecule has 2 aliphatic rings. The molecule has 0 bridgehead atoms. The number of carbonyl (C=O) groups is 1. The summed E-state index contributed by atoms with van der Waals surface area (Å²) in [5.74, 6) is 0.195. The molecular formula is C15H33Cl3N4O.